The molecule has 0 saturated heterocycles. The Morgan fingerprint density at radius 2 is 1.65 bits per heavy atom. The van der Waals surface area contributed by atoms with Crippen LogP contribution < -0.4 is 4.90 Å². The third-order valence-corrected chi connectivity index (χ3v) is 3.41. The molecule has 0 bridgehead atoms. The Morgan fingerprint density at radius 1 is 1.04 bits per heavy atom. The van der Waals surface area contributed by atoms with Crippen LogP contribution in [0, 0.1) is 0 Å². The average molecular weight is 308 g/mol. The molecule has 1 heterocycles. The molecule has 0 aliphatic heterocycles. The maximum atomic E-state index is 11.5. The summed E-state index contributed by atoms with van der Waals surface area (Å²) in [5, 5.41) is 17.9. The molecule has 0 spiro atoms. The molecule has 0 atom stereocenters. The molecule has 23 heavy (non-hydrogen) atoms. The van der Waals surface area contributed by atoms with Gasteiger partial charge in [0, 0.05) is 13.6 Å². The summed E-state index contributed by atoms with van der Waals surface area (Å²) in [6.45, 7) is 0.550. The summed E-state index contributed by atoms with van der Waals surface area (Å²) < 4.78 is 0. The minimum Gasteiger partial charge on any atom is -0.476 e. The van der Waals surface area contributed by atoms with E-state index in [4.69, 9.17) is 0 Å². The standard InChI is InChI=1S/C17H16N4O2/c1-20(12-13-8-4-2-5-9-13)16-15(17(22)23)18-21(19-16)14-10-6-3-7-11-14/h2-11H,12H2,1H3,(H,22,23). The molecular weight excluding hydrogens is 292 g/mol. The predicted octanol–water partition coefficient (Wildman–Crippen LogP) is 2.60. The zero-order valence-electron chi connectivity index (χ0n) is 12.6. The van der Waals surface area contributed by atoms with Crippen LogP contribution in [0.4, 0.5) is 5.82 Å². The molecule has 0 saturated carbocycles. The van der Waals surface area contributed by atoms with Crippen molar-refractivity contribution in [2.45, 2.75) is 6.54 Å². The highest BCUT2D eigenvalue weighted by molar-refractivity contribution is 5.90. The Bertz CT molecular complexity index is 800. The first-order valence-corrected chi connectivity index (χ1v) is 7.16. The van der Waals surface area contributed by atoms with Gasteiger partial charge in [-0.3, -0.25) is 0 Å². The summed E-state index contributed by atoms with van der Waals surface area (Å²) in [5.41, 5.74) is 1.72. The molecule has 0 radical (unpaired) electrons. The number of carboxylic acids is 1. The molecular formula is C17H16N4O2. The highest BCUT2D eigenvalue weighted by atomic mass is 16.4. The highest BCUT2D eigenvalue weighted by Crippen LogP contribution is 2.19. The van der Waals surface area contributed by atoms with Crippen molar-refractivity contribution in [1.82, 2.24) is 15.0 Å². The number of benzene rings is 2. The fraction of sp³-hybridized carbons (Fsp3) is 0.118. The van der Waals surface area contributed by atoms with Crippen LogP contribution in [0.25, 0.3) is 5.69 Å². The van der Waals surface area contributed by atoms with E-state index in [-0.39, 0.29) is 5.69 Å². The maximum Gasteiger partial charge on any atom is 0.360 e. The van der Waals surface area contributed by atoms with Crippen LogP contribution in [-0.2, 0) is 6.54 Å². The Morgan fingerprint density at radius 3 is 2.26 bits per heavy atom. The smallest absolute Gasteiger partial charge is 0.360 e. The van der Waals surface area contributed by atoms with E-state index >= 15 is 0 Å². The first-order chi connectivity index (χ1) is 11.1. The van der Waals surface area contributed by atoms with E-state index < -0.39 is 5.97 Å². The van der Waals surface area contributed by atoms with E-state index in [1.165, 1.54) is 4.80 Å². The van der Waals surface area contributed by atoms with Crippen LogP contribution in [0.5, 0.6) is 0 Å². The van der Waals surface area contributed by atoms with Crippen LogP contribution >= 0.6 is 0 Å². The Balaban J connectivity index is 1.94. The second kappa shape index (κ2) is 6.31. The summed E-state index contributed by atoms with van der Waals surface area (Å²) in [4.78, 5) is 14.6. The van der Waals surface area contributed by atoms with Crippen molar-refractivity contribution in [3.63, 3.8) is 0 Å². The third-order valence-electron chi connectivity index (χ3n) is 3.41. The minimum absolute atomic E-state index is 0.0627. The van der Waals surface area contributed by atoms with E-state index in [2.05, 4.69) is 10.2 Å². The van der Waals surface area contributed by atoms with Gasteiger partial charge in [-0.25, -0.2) is 4.79 Å². The lowest BCUT2D eigenvalue weighted by atomic mass is 10.2. The highest BCUT2D eigenvalue weighted by Gasteiger charge is 2.21. The zero-order valence-corrected chi connectivity index (χ0v) is 12.6. The van der Waals surface area contributed by atoms with E-state index in [0.29, 0.717) is 12.4 Å². The molecule has 116 valence electrons. The van der Waals surface area contributed by atoms with Crippen LogP contribution in [-0.4, -0.2) is 33.1 Å². The monoisotopic (exact) mass is 308 g/mol. The van der Waals surface area contributed by atoms with Crippen LogP contribution in [0.15, 0.2) is 60.7 Å². The van der Waals surface area contributed by atoms with Gasteiger partial charge in [0.25, 0.3) is 0 Å². The Hall–Kier alpha value is -3.15. The summed E-state index contributed by atoms with van der Waals surface area (Å²) in [6.07, 6.45) is 0. The van der Waals surface area contributed by atoms with Gasteiger partial charge in [-0.05, 0) is 17.7 Å². The number of rotatable bonds is 5. The van der Waals surface area contributed by atoms with Gasteiger partial charge in [0.1, 0.15) is 0 Å². The summed E-state index contributed by atoms with van der Waals surface area (Å²) in [5.74, 6) is -0.757. The topological polar surface area (TPSA) is 71.2 Å². The van der Waals surface area contributed by atoms with Crippen LogP contribution in [0.1, 0.15) is 16.1 Å². The number of anilines is 1. The molecule has 0 aliphatic rings. The van der Waals surface area contributed by atoms with Crippen LogP contribution in [0.2, 0.25) is 0 Å². The lowest BCUT2D eigenvalue weighted by molar-refractivity contribution is 0.0690. The van der Waals surface area contributed by atoms with Crippen molar-refractivity contribution in [3.8, 4) is 5.69 Å². The second-order valence-corrected chi connectivity index (χ2v) is 5.14. The molecule has 2 aromatic carbocycles. The lowest BCUT2D eigenvalue weighted by Crippen LogP contribution is -2.19. The fourth-order valence-corrected chi connectivity index (χ4v) is 2.30. The molecule has 0 fully saturated rings. The average Bonchev–Trinajstić information content (AvgIpc) is 3.02. The van der Waals surface area contributed by atoms with E-state index in [1.807, 2.05) is 60.7 Å². The van der Waals surface area contributed by atoms with Crippen molar-refractivity contribution in [3.05, 3.63) is 71.9 Å². The predicted molar refractivity (Wildman–Crippen MR) is 86.9 cm³/mol. The van der Waals surface area contributed by atoms with Gasteiger partial charge >= 0.3 is 5.97 Å². The Kier molecular flexibility index (Phi) is 4.05. The SMILES string of the molecule is CN(Cc1ccccc1)c1nn(-c2ccccc2)nc1C(=O)O. The number of nitrogens with zero attached hydrogens (tertiary/aromatic N) is 4. The van der Waals surface area contributed by atoms with E-state index in [9.17, 15) is 9.90 Å². The fourth-order valence-electron chi connectivity index (χ4n) is 2.30. The van der Waals surface area contributed by atoms with Crippen LogP contribution in [0.3, 0.4) is 0 Å². The van der Waals surface area contributed by atoms with Gasteiger partial charge in [-0.2, -0.15) is 0 Å². The maximum absolute atomic E-state index is 11.5. The number of carboxylic acid groups (broad SMARTS) is 1. The van der Waals surface area contributed by atoms with Gasteiger partial charge in [0.15, 0.2) is 5.82 Å². The number of carbonyl (C=O) groups is 1. The van der Waals surface area contributed by atoms with Gasteiger partial charge in [-0.15, -0.1) is 15.0 Å². The summed E-state index contributed by atoms with van der Waals surface area (Å²) >= 11 is 0. The van der Waals surface area contributed by atoms with Gasteiger partial charge in [0.2, 0.25) is 5.69 Å². The Labute approximate surface area is 133 Å². The lowest BCUT2D eigenvalue weighted by Gasteiger charge is -2.16. The van der Waals surface area contributed by atoms with Crippen molar-refractivity contribution in [1.29, 1.82) is 0 Å². The number of aromatic nitrogens is 3. The van der Waals surface area contributed by atoms with Crippen molar-refractivity contribution < 1.29 is 9.90 Å². The summed E-state index contributed by atoms with van der Waals surface area (Å²) in [6, 6.07) is 19.0. The van der Waals surface area contributed by atoms with Crippen molar-refractivity contribution in [2.75, 3.05) is 11.9 Å². The number of hydrogen-bond acceptors (Lipinski definition) is 4. The normalized spacial score (nSPS) is 10.5. The quantitative estimate of drug-likeness (QED) is 0.784. The number of hydrogen-bond donors (Lipinski definition) is 1. The van der Waals surface area contributed by atoms with Gasteiger partial charge in [0.05, 0.1) is 5.69 Å². The first kappa shape index (κ1) is 14.8. The van der Waals surface area contributed by atoms with Gasteiger partial charge in [-0.1, -0.05) is 48.5 Å². The molecule has 6 heteroatoms. The molecule has 0 unspecified atom stereocenters. The van der Waals surface area contributed by atoms with E-state index in [0.717, 1.165) is 11.3 Å². The van der Waals surface area contributed by atoms with Crippen molar-refractivity contribution in [2.24, 2.45) is 0 Å². The second-order valence-electron chi connectivity index (χ2n) is 5.14. The largest absolute Gasteiger partial charge is 0.476 e. The summed E-state index contributed by atoms with van der Waals surface area (Å²) in [7, 11) is 1.80. The molecule has 1 aromatic heterocycles. The molecule has 0 amide bonds. The zero-order chi connectivity index (χ0) is 16.2. The molecule has 6 nitrogen and oxygen atoms in total. The molecule has 0 aliphatic carbocycles. The van der Waals surface area contributed by atoms with Gasteiger partial charge < -0.3 is 10.0 Å². The van der Waals surface area contributed by atoms with E-state index in [1.54, 1.807) is 11.9 Å². The number of para-hydroxylation sites is 1. The molecule has 3 aromatic rings. The number of aromatic carboxylic acids is 1. The minimum atomic E-state index is -1.10. The first-order valence-electron chi connectivity index (χ1n) is 7.16. The molecule has 3 rings (SSSR count). The molecule has 1 N–H and O–H groups in total. The van der Waals surface area contributed by atoms with Crippen molar-refractivity contribution >= 4 is 11.8 Å². The third kappa shape index (κ3) is 3.21.